The average molecular weight is 410 g/mol. The second-order valence-electron chi connectivity index (χ2n) is 6.61. The lowest BCUT2D eigenvalue weighted by Gasteiger charge is -2.10. The van der Waals surface area contributed by atoms with Gasteiger partial charge in [-0.1, -0.05) is 12.1 Å². The van der Waals surface area contributed by atoms with Gasteiger partial charge in [0.15, 0.2) is 6.61 Å². The van der Waals surface area contributed by atoms with Crippen LogP contribution in [0.15, 0.2) is 47.8 Å². The predicted octanol–water partition coefficient (Wildman–Crippen LogP) is 4.44. The van der Waals surface area contributed by atoms with Crippen molar-refractivity contribution < 1.29 is 19.1 Å². The number of carbonyl (C=O) groups excluding carboxylic acids is 2. The second kappa shape index (κ2) is 9.34. The number of thiazole rings is 1. The van der Waals surface area contributed by atoms with E-state index in [4.69, 9.17) is 9.47 Å². The number of rotatable bonds is 7. The molecule has 1 heterocycles. The summed E-state index contributed by atoms with van der Waals surface area (Å²) in [5, 5.41) is 5.70. The number of hydrogen-bond donors (Lipinski definition) is 1. The van der Waals surface area contributed by atoms with Crippen molar-refractivity contribution in [3.05, 3.63) is 75.2 Å². The molecule has 0 saturated heterocycles. The topological polar surface area (TPSA) is 77.5 Å². The number of aromatic nitrogens is 1. The number of nitrogens with zero attached hydrogens (tertiary/aromatic N) is 1. The normalized spacial score (nSPS) is 10.4. The molecule has 0 saturated carbocycles. The molecular formula is C22H22N2O4S. The number of amides is 1. The van der Waals surface area contributed by atoms with Crippen LogP contribution < -0.4 is 10.1 Å². The van der Waals surface area contributed by atoms with Crippen molar-refractivity contribution in [1.82, 2.24) is 4.98 Å². The maximum Gasteiger partial charge on any atom is 0.338 e. The highest BCUT2D eigenvalue weighted by atomic mass is 32.1. The summed E-state index contributed by atoms with van der Waals surface area (Å²) in [6.07, 6.45) is 0. The van der Waals surface area contributed by atoms with E-state index >= 15 is 0 Å². The smallest absolute Gasteiger partial charge is 0.338 e. The van der Waals surface area contributed by atoms with Gasteiger partial charge in [0.1, 0.15) is 12.4 Å². The van der Waals surface area contributed by atoms with Gasteiger partial charge in [0, 0.05) is 11.1 Å². The molecule has 1 amide bonds. The lowest BCUT2D eigenvalue weighted by Crippen LogP contribution is -2.21. The lowest BCUT2D eigenvalue weighted by atomic mass is 10.1. The molecule has 0 radical (unpaired) electrons. The highest BCUT2D eigenvalue weighted by Crippen LogP contribution is 2.17. The Morgan fingerprint density at radius 2 is 1.83 bits per heavy atom. The quantitative estimate of drug-likeness (QED) is 0.583. The van der Waals surface area contributed by atoms with Crippen LogP contribution in [-0.4, -0.2) is 23.5 Å². The molecule has 1 aromatic heterocycles. The van der Waals surface area contributed by atoms with Gasteiger partial charge in [-0.3, -0.25) is 4.79 Å². The van der Waals surface area contributed by atoms with Gasteiger partial charge in [-0.05, 0) is 62.2 Å². The first-order valence-electron chi connectivity index (χ1n) is 9.09. The number of ether oxygens (including phenoxy) is 2. The molecule has 3 rings (SSSR count). The summed E-state index contributed by atoms with van der Waals surface area (Å²) in [6.45, 7) is 5.80. The molecular weight excluding hydrogens is 388 g/mol. The van der Waals surface area contributed by atoms with E-state index in [0.717, 1.165) is 21.8 Å². The molecule has 2 aromatic carbocycles. The fourth-order valence-electron chi connectivity index (χ4n) is 2.59. The number of hydrogen-bond acceptors (Lipinski definition) is 6. The third kappa shape index (κ3) is 5.89. The van der Waals surface area contributed by atoms with Crippen molar-refractivity contribution >= 4 is 28.9 Å². The van der Waals surface area contributed by atoms with Crippen molar-refractivity contribution in [3.63, 3.8) is 0 Å². The molecule has 0 atom stereocenters. The summed E-state index contributed by atoms with van der Waals surface area (Å²) >= 11 is 1.57. The Bertz CT molecular complexity index is 1010. The van der Waals surface area contributed by atoms with E-state index in [-0.39, 0.29) is 12.5 Å². The van der Waals surface area contributed by atoms with Gasteiger partial charge < -0.3 is 14.8 Å². The van der Waals surface area contributed by atoms with E-state index in [0.29, 0.717) is 23.6 Å². The maximum absolute atomic E-state index is 12.2. The monoisotopic (exact) mass is 410 g/mol. The molecule has 0 aliphatic heterocycles. The minimum absolute atomic E-state index is 0.349. The summed E-state index contributed by atoms with van der Waals surface area (Å²) in [5.41, 5.74) is 3.91. The molecule has 6 nitrogen and oxygen atoms in total. The number of anilines is 1. The highest BCUT2D eigenvalue weighted by Gasteiger charge is 2.12. The van der Waals surface area contributed by atoms with E-state index in [2.05, 4.69) is 10.3 Å². The summed E-state index contributed by atoms with van der Waals surface area (Å²) < 4.78 is 10.8. The Morgan fingerprint density at radius 3 is 2.52 bits per heavy atom. The lowest BCUT2D eigenvalue weighted by molar-refractivity contribution is -0.119. The van der Waals surface area contributed by atoms with Gasteiger partial charge >= 0.3 is 5.97 Å². The van der Waals surface area contributed by atoms with E-state index in [1.807, 2.05) is 44.4 Å². The highest BCUT2D eigenvalue weighted by molar-refractivity contribution is 7.09. The first-order valence-corrected chi connectivity index (χ1v) is 9.97. The van der Waals surface area contributed by atoms with Crippen LogP contribution in [0.3, 0.4) is 0 Å². The van der Waals surface area contributed by atoms with E-state index < -0.39 is 5.97 Å². The zero-order chi connectivity index (χ0) is 20.8. The number of esters is 1. The molecule has 0 unspecified atom stereocenters. The van der Waals surface area contributed by atoms with Crippen LogP contribution in [0.4, 0.5) is 5.69 Å². The summed E-state index contributed by atoms with van der Waals surface area (Å²) in [6, 6.07) is 12.4. The maximum atomic E-state index is 12.2. The number of benzene rings is 2. The number of aryl methyl sites for hydroxylation is 3. The van der Waals surface area contributed by atoms with Crippen LogP contribution >= 0.6 is 11.3 Å². The van der Waals surface area contributed by atoms with Crippen LogP contribution in [0, 0.1) is 20.8 Å². The minimum Gasteiger partial charge on any atom is -0.487 e. The second-order valence-corrected chi connectivity index (χ2v) is 7.68. The minimum atomic E-state index is -0.567. The fraction of sp³-hybridized carbons (Fsp3) is 0.227. The average Bonchev–Trinajstić information content (AvgIpc) is 3.13. The molecule has 0 spiro atoms. The van der Waals surface area contributed by atoms with Gasteiger partial charge in [-0.25, -0.2) is 9.78 Å². The Morgan fingerprint density at radius 1 is 1.07 bits per heavy atom. The predicted molar refractivity (Wildman–Crippen MR) is 112 cm³/mol. The molecule has 0 bridgehead atoms. The number of nitrogens with one attached hydrogen (secondary N) is 1. The van der Waals surface area contributed by atoms with Gasteiger partial charge in [0.25, 0.3) is 5.91 Å². The van der Waals surface area contributed by atoms with Crippen LogP contribution in [0.25, 0.3) is 0 Å². The van der Waals surface area contributed by atoms with Crippen molar-refractivity contribution in [1.29, 1.82) is 0 Å². The van der Waals surface area contributed by atoms with Crippen LogP contribution in [0.5, 0.6) is 5.75 Å². The first kappa shape index (κ1) is 20.5. The molecule has 29 heavy (non-hydrogen) atoms. The van der Waals surface area contributed by atoms with Crippen molar-refractivity contribution in [2.45, 2.75) is 27.4 Å². The Balaban J connectivity index is 1.48. The van der Waals surface area contributed by atoms with Crippen LogP contribution in [0.2, 0.25) is 0 Å². The molecule has 0 fully saturated rings. The third-order valence-electron chi connectivity index (χ3n) is 4.14. The molecule has 0 aliphatic carbocycles. The van der Waals surface area contributed by atoms with Crippen molar-refractivity contribution in [2.24, 2.45) is 0 Å². The number of carbonyl (C=O) groups is 2. The molecule has 3 aromatic rings. The Kier molecular flexibility index (Phi) is 6.61. The van der Waals surface area contributed by atoms with Gasteiger partial charge in [0.05, 0.1) is 16.3 Å². The fourth-order valence-corrected chi connectivity index (χ4v) is 3.19. The van der Waals surface area contributed by atoms with Gasteiger partial charge in [0.2, 0.25) is 0 Å². The van der Waals surface area contributed by atoms with Crippen LogP contribution in [0.1, 0.15) is 32.2 Å². The zero-order valence-electron chi connectivity index (χ0n) is 16.5. The van der Waals surface area contributed by atoms with E-state index in [9.17, 15) is 9.59 Å². The molecule has 150 valence electrons. The third-order valence-corrected chi connectivity index (χ3v) is 4.97. The Labute approximate surface area is 173 Å². The first-order chi connectivity index (χ1) is 13.9. The molecule has 0 aliphatic rings. The van der Waals surface area contributed by atoms with Crippen LogP contribution in [-0.2, 0) is 16.1 Å². The Hall–Kier alpha value is -3.19. The largest absolute Gasteiger partial charge is 0.487 e. The standard InChI is InChI=1S/C22H22N2O4S/c1-14-4-5-15(2)20(10-14)24-21(25)12-28-22(26)17-6-8-19(9-7-17)27-11-18-13-29-16(3)23-18/h4-10,13H,11-12H2,1-3H3,(H,24,25). The summed E-state index contributed by atoms with van der Waals surface area (Å²) in [7, 11) is 0. The molecule has 7 heteroatoms. The van der Waals surface area contributed by atoms with Gasteiger partial charge in [-0.15, -0.1) is 11.3 Å². The summed E-state index contributed by atoms with van der Waals surface area (Å²) in [4.78, 5) is 28.6. The summed E-state index contributed by atoms with van der Waals surface area (Å²) in [5.74, 6) is -0.326. The molecule has 1 N–H and O–H groups in total. The van der Waals surface area contributed by atoms with Crippen molar-refractivity contribution in [2.75, 3.05) is 11.9 Å². The van der Waals surface area contributed by atoms with Crippen molar-refractivity contribution in [3.8, 4) is 5.75 Å². The van der Waals surface area contributed by atoms with Gasteiger partial charge in [-0.2, -0.15) is 0 Å². The zero-order valence-corrected chi connectivity index (χ0v) is 17.3. The van der Waals surface area contributed by atoms with E-state index in [1.54, 1.807) is 35.6 Å². The SMILES string of the molecule is Cc1ccc(C)c(NC(=O)COC(=O)c2ccc(OCc3csc(C)n3)cc2)c1. The van der Waals surface area contributed by atoms with E-state index in [1.165, 1.54) is 0 Å².